The van der Waals surface area contributed by atoms with Crippen molar-refractivity contribution in [3.05, 3.63) is 35.4 Å². The van der Waals surface area contributed by atoms with Crippen LogP contribution >= 0.6 is 0 Å². The molecule has 0 heterocycles. The van der Waals surface area contributed by atoms with Gasteiger partial charge in [-0.3, -0.25) is 0 Å². The maximum atomic E-state index is 3.47. The van der Waals surface area contributed by atoms with Crippen LogP contribution in [0, 0.1) is 5.92 Å². The Hall–Kier alpha value is -0.820. The molecule has 0 saturated carbocycles. The first-order valence-corrected chi connectivity index (χ1v) is 7.04. The summed E-state index contributed by atoms with van der Waals surface area (Å²) in [4.78, 5) is 0. The molecule has 1 heteroatoms. The predicted molar refractivity (Wildman–Crippen MR) is 76.5 cm³/mol. The highest BCUT2D eigenvalue weighted by molar-refractivity contribution is 5.22. The van der Waals surface area contributed by atoms with E-state index in [4.69, 9.17) is 0 Å². The van der Waals surface area contributed by atoms with E-state index in [0.29, 0.717) is 0 Å². The maximum Gasteiger partial charge on any atom is -0.00463 e. The lowest BCUT2D eigenvalue weighted by Crippen LogP contribution is -2.18. The summed E-state index contributed by atoms with van der Waals surface area (Å²) in [7, 11) is 0. The third-order valence-electron chi connectivity index (χ3n) is 3.26. The van der Waals surface area contributed by atoms with E-state index in [0.717, 1.165) is 25.4 Å². The maximum absolute atomic E-state index is 3.47. The van der Waals surface area contributed by atoms with E-state index in [1.165, 1.54) is 30.4 Å². The van der Waals surface area contributed by atoms with Crippen molar-refractivity contribution in [2.75, 3.05) is 13.1 Å². The number of rotatable bonds is 8. The molecule has 0 fully saturated rings. The van der Waals surface area contributed by atoms with Crippen LogP contribution < -0.4 is 5.32 Å². The monoisotopic (exact) mass is 233 g/mol. The lowest BCUT2D eigenvalue weighted by atomic mass is 9.97. The lowest BCUT2D eigenvalue weighted by Gasteiger charge is -2.12. The van der Waals surface area contributed by atoms with Gasteiger partial charge in [-0.15, -0.1) is 0 Å². The molecule has 0 radical (unpaired) electrons. The van der Waals surface area contributed by atoms with Gasteiger partial charge in [0.25, 0.3) is 0 Å². The topological polar surface area (TPSA) is 12.0 Å². The third-order valence-corrected chi connectivity index (χ3v) is 3.26. The normalized spacial score (nSPS) is 12.6. The Kier molecular flexibility index (Phi) is 6.95. The van der Waals surface area contributed by atoms with E-state index in [9.17, 15) is 0 Å². The molecular weight excluding hydrogens is 206 g/mol. The van der Waals surface area contributed by atoms with Crippen molar-refractivity contribution in [1.29, 1.82) is 0 Å². The predicted octanol–water partition coefficient (Wildman–Crippen LogP) is 3.82. The van der Waals surface area contributed by atoms with Crippen LogP contribution in [-0.4, -0.2) is 13.1 Å². The first kappa shape index (κ1) is 14.2. The van der Waals surface area contributed by atoms with E-state index >= 15 is 0 Å². The molecule has 0 spiro atoms. The van der Waals surface area contributed by atoms with Crippen molar-refractivity contribution >= 4 is 0 Å². The van der Waals surface area contributed by atoms with Crippen molar-refractivity contribution < 1.29 is 0 Å². The molecule has 0 aliphatic carbocycles. The summed E-state index contributed by atoms with van der Waals surface area (Å²) in [6.07, 6.45) is 4.84. The zero-order valence-electron chi connectivity index (χ0n) is 11.6. The fraction of sp³-hybridized carbons (Fsp3) is 0.625. The van der Waals surface area contributed by atoms with Gasteiger partial charge in [0, 0.05) is 0 Å². The van der Waals surface area contributed by atoms with E-state index in [1.807, 2.05) is 0 Å². The highest BCUT2D eigenvalue weighted by Crippen LogP contribution is 2.12. The molecule has 1 rings (SSSR count). The van der Waals surface area contributed by atoms with Gasteiger partial charge in [-0.1, -0.05) is 45.0 Å². The molecule has 1 nitrogen and oxygen atoms in total. The van der Waals surface area contributed by atoms with Crippen LogP contribution in [0.25, 0.3) is 0 Å². The molecule has 1 N–H and O–H groups in total. The fourth-order valence-corrected chi connectivity index (χ4v) is 2.07. The van der Waals surface area contributed by atoms with Crippen molar-refractivity contribution in [3.63, 3.8) is 0 Å². The fourth-order valence-electron chi connectivity index (χ4n) is 2.07. The zero-order chi connectivity index (χ0) is 12.5. The van der Waals surface area contributed by atoms with Crippen molar-refractivity contribution in [2.45, 2.75) is 46.5 Å². The minimum absolute atomic E-state index is 0.770. The number of aryl methyl sites for hydroxylation is 1. The van der Waals surface area contributed by atoms with Gasteiger partial charge in [-0.05, 0) is 55.8 Å². The average Bonchev–Trinajstić information content (AvgIpc) is 2.36. The van der Waals surface area contributed by atoms with E-state index in [1.54, 1.807) is 0 Å². The summed E-state index contributed by atoms with van der Waals surface area (Å²) in [5.74, 6) is 0.770. The third kappa shape index (κ3) is 5.88. The molecule has 0 aliphatic heterocycles. The average molecular weight is 233 g/mol. The van der Waals surface area contributed by atoms with Crippen LogP contribution in [0.4, 0.5) is 0 Å². The molecule has 1 aromatic carbocycles. The number of hydrogen-bond donors (Lipinski definition) is 1. The Morgan fingerprint density at radius 2 is 1.65 bits per heavy atom. The number of hydrogen-bond acceptors (Lipinski definition) is 1. The highest BCUT2D eigenvalue weighted by Gasteiger charge is 2.03. The Balaban J connectivity index is 2.26. The second kappa shape index (κ2) is 8.30. The van der Waals surface area contributed by atoms with E-state index < -0.39 is 0 Å². The van der Waals surface area contributed by atoms with Crippen LogP contribution in [0.1, 0.15) is 44.7 Å². The van der Waals surface area contributed by atoms with Gasteiger partial charge in [0.1, 0.15) is 0 Å². The van der Waals surface area contributed by atoms with E-state index in [2.05, 4.69) is 50.4 Å². The summed E-state index contributed by atoms with van der Waals surface area (Å²) in [6.45, 7) is 9.07. The van der Waals surface area contributed by atoms with Gasteiger partial charge in [-0.2, -0.15) is 0 Å². The van der Waals surface area contributed by atoms with Crippen LogP contribution in [0.5, 0.6) is 0 Å². The van der Waals surface area contributed by atoms with Gasteiger partial charge in [0.2, 0.25) is 0 Å². The summed E-state index contributed by atoms with van der Waals surface area (Å²) in [5, 5.41) is 3.47. The van der Waals surface area contributed by atoms with E-state index in [-0.39, 0.29) is 0 Å². The summed E-state index contributed by atoms with van der Waals surface area (Å²) in [5.41, 5.74) is 2.91. The van der Waals surface area contributed by atoms with Crippen LogP contribution in [0.2, 0.25) is 0 Å². The highest BCUT2D eigenvalue weighted by atomic mass is 14.8. The minimum atomic E-state index is 0.770. The summed E-state index contributed by atoms with van der Waals surface area (Å²) < 4.78 is 0. The molecule has 1 unspecified atom stereocenters. The Labute approximate surface area is 107 Å². The number of nitrogens with one attached hydrogen (secondary N) is 1. The quantitative estimate of drug-likeness (QED) is 0.673. The first-order chi connectivity index (χ1) is 8.26. The summed E-state index contributed by atoms with van der Waals surface area (Å²) in [6, 6.07) is 9.10. The lowest BCUT2D eigenvalue weighted by molar-refractivity contribution is 0.498. The van der Waals surface area contributed by atoms with Gasteiger partial charge < -0.3 is 5.32 Å². The Bertz CT molecular complexity index is 289. The zero-order valence-corrected chi connectivity index (χ0v) is 11.6. The molecule has 0 aliphatic rings. The molecule has 0 amide bonds. The minimum Gasteiger partial charge on any atom is -0.317 e. The Morgan fingerprint density at radius 3 is 2.24 bits per heavy atom. The molecule has 0 aromatic heterocycles. The van der Waals surface area contributed by atoms with Gasteiger partial charge >= 0.3 is 0 Å². The molecule has 96 valence electrons. The second-order valence-corrected chi connectivity index (χ2v) is 5.02. The van der Waals surface area contributed by atoms with Crippen molar-refractivity contribution in [2.24, 2.45) is 5.92 Å². The molecule has 0 bridgehead atoms. The summed E-state index contributed by atoms with van der Waals surface area (Å²) >= 11 is 0. The standard InChI is InChI=1S/C16H27N/c1-4-11-17-12-10-14(3)13-16-8-6-15(5-2)7-9-16/h6-9,14,17H,4-5,10-13H2,1-3H3. The van der Waals surface area contributed by atoms with Crippen LogP contribution in [0.3, 0.4) is 0 Å². The van der Waals surface area contributed by atoms with Gasteiger partial charge in [0.15, 0.2) is 0 Å². The second-order valence-electron chi connectivity index (χ2n) is 5.02. The Morgan fingerprint density at radius 1 is 1.00 bits per heavy atom. The van der Waals surface area contributed by atoms with Gasteiger partial charge in [-0.25, -0.2) is 0 Å². The number of benzene rings is 1. The van der Waals surface area contributed by atoms with Gasteiger partial charge in [0.05, 0.1) is 0 Å². The largest absolute Gasteiger partial charge is 0.317 e. The molecule has 0 saturated heterocycles. The van der Waals surface area contributed by atoms with Crippen molar-refractivity contribution in [3.8, 4) is 0 Å². The van der Waals surface area contributed by atoms with Crippen LogP contribution in [0.15, 0.2) is 24.3 Å². The molecule has 1 aromatic rings. The van der Waals surface area contributed by atoms with Crippen LogP contribution in [-0.2, 0) is 12.8 Å². The molecule has 1 atom stereocenters. The SMILES string of the molecule is CCCNCCC(C)Cc1ccc(CC)cc1. The first-order valence-electron chi connectivity index (χ1n) is 7.04. The molecule has 17 heavy (non-hydrogen) atoms. The molecular formula is C16H27N. The smallest absolute Gasteiger partial charge is 0.00463 e. The van der Waals surface area contributed by atoms with Crippen molar-refractivity contribution in [1.82, 2.24) is 5.32 Å².